The molecule has 0 aromatic carbocycles. The first-order valence-corrected chi connectivity index (χ1v) is 40.2. The van der Waals surface area contributed by atoms with Gasteiger partial charge < -0.3 is 65.1 Å². The maximum absolute atomic E-state index is 13.4. The summed E-state index contributed by atoms with van der Waals surface area (Å²) in [4.78, 5) is 13.4. The van der Waals surface area contributed by atoms with E-state index < -0.39 is 86.8 Å². The van der Waals surface area contributed by atoms with Crippen molar-refractivity contribution < 1.29 is 64.6 Å². The van der Waals surface area contributed by atoms with Gasteiger partial charge in [-0.05, 0) is 64.2 Å². The minimum atomic E-state index is -1.78. The normalized spacial score (nSPS) is 22.6. The lowest BCUT2D eigenvalue weighted by Gasteiger charge is -2.46. The molecule has 2 aliphatic rings. The van der Waals surface area contributed by atoms with Crippen molar-refractivity contribution in [3.05, 3.63) is 72.9 Å². The number of ether oxygens (including phenoxy) is 4. The molecule has 9 N–H and O–H groups in total. The summed E-state index contributed by atoms with van der Waals surface area (Å²) >= 11 is 0. The zero-order chi connectivity index (χ0) is 69.4. The van der Waals surface area contributed by atoms with Crippen LogP contribution < -0.4 is 5.32 Å². The highest BCUT2D eigenvalue weighted by Crippen LogP contribution is 2.30. The van der Waals surface area contributed by atoms with Crippen LogP contribution >= 0.6 is 0 Å². The number of hydrogen-bond acceptors (Lipinski definition) is 13. The van der Waals surface area contributed by atoms with Gasteiger partial charge in [-0.3, -0.25) is 4.79 Å². The minimum Gasteiger partial charge on any atom is -0.394 e. The smallest absolute Gasteiger partial charge is 0.220 e. The van der Waals surface area contributed by atoms with E-state index in [0.717, 1.165) is 89.9 Å². The summed E-state index contributed by atoms with van der Waals surface area (Å²) in [5, 5.41) is 87.8. The lowest BCUT2D eigenvalue weighted by atomic mass is 9.97. The van der Waals surface area contributed by atoms with Gasteiger partial charge in [-0.2, -0.15) is 0 Å². The molecule has 2 fully saturated rings. The van der Waals surface area contributed by atoms with Gasteiger partial charge >= 0.3 is 0 Å². The number of carbonyl (C=O) groups excluding carboxylic acids is 1. The van der Waals surface area contributed by atoms with E-state index in [1.54, 1.807) is 0 Å². The van der Waals surface area contributed by atoms with Gasteiger partial charge in [-0.1, -0.05) is 350 Å². The van der Waals surface area contributed by atoms with Crippen molar-refractivity contribution in [2.75, 3.05) is 19.8 Å². The average Bonchev–Trinajstić information content (AvgIpc) is 0.806. The van der Waals surface area contributed by atoms with Crippen LogP contribution in [0.1, 0.15) is 348 Å². The topological polar surface area (TPSA) is 228 Å². The number of carbonyl (C=O) groups is 1. The second-order valence-corrected chi connectivity index (χ2v) is 28.2. The molecule has 2 aliphatic heterocycles. The molecule has 1 amide bonds. The first-order chi connectivity index (χ1) is 47.1. The molecule has 0 aromatic rings. The summed E-state index contributed by atoms with van der Waals surface area (Å²) in [6.45, 7) is 2.80. The number of aliphatic hydroxyl groups is 8. The Balaban J connectivity index is 1.58. The third-order valence-electron chi connectivity index (χ3n) is 19.4. The lowest BCUT2D eigenvalue weighted by molar-refractivity contribution is -0.359. The number of unbranched alkanes of at least 4 members (excludes halogenated alkanes) is 42. The maximum Gasteiger partial charge on any atom is 0.220 e. The second kappa shape index (κ2) is 65.7. The van der Waals surface area contributed by atoms with Crippen molar-refractivity contribution >= 4 is 5.91 Å². The van der Waals surface area contributed by atoms with Crippen LogP contribution in [-0.2, 0) is 23.7 Å². The minimum absolute atomic E-state index is 0.201. The predicted octanol–water partition coefficient (Wildman–Crippen LogP) is 18.1. The van der Waals surface area contributed by atoms with Gasteiger partial charge in [0.2, 0.25) is 5.91 Å². The molecule has 2 saturated heterocycles. The largest absolute Gasteiger partial charge is 0.394 e. The van der Waals surface area contributed by atoms with Crippen LogP contribution in [0, 0.1) is 0 Å². The van der Waals surface area contributed by atoms with Crippen molar-refractivity contribution in [3.8, 4) is 0 Å². The lowest BCUT2D eigenvalue weighted by Crippen LogP contribution is -2.65. The molecule has 0 aliphatic carbocycles. The highest BCUT2D eigenvalue weighted by molar-refractivity contribution is 5.76. The zero-order valence-electron chi connectivity index (χ0n) is 61.4. The summed E-state index contributed by atoms with van der Waals surface area (Å²) in [7, 11) is 0. The zero-order valence-corrected chi connectivity index (χ0v) is 61.4. The molecule has 0 saturated carbocycles. The number of allylic oxidation sites excluding steroid dienone is 12. The highest BCUT2D eigenvalue weighted by Gasteiger charge is 2.51. The molecule has 14 heteroatoms. The molecule has 0 radical (unpaired) electrons. The Bertz CT molecular complexity index is 1890. The van der Waals surface area contributed by atoms with Crippen LogP contribution in [0.3, 0.4) is 0 Å². The van der Waals surface area contributed by atoms with Crippen LogP contribution in [-0.4, -0.2) is 140 Å². The molecule has 14 nitrogen and oxygen atoms in total. The Hall–Kier alpha value is -2.57. The third kappa shape index (κ3) is 48.3. The Morgan fingerprint density at radius 3 is 1.10 bits per heavy atom. The number of nitrogens with one attached hydrogen (secondary N) is 1. The fourth-order valence-corrected chi connectivity index (χ4v) is 13.1. The molecule has 560 valence electrons. The maximum atomic E-state index is 13.4. The summed E-state index contributed by atoms with van der Waals surface area (Å²) in [6.07, 6.45) is 73.7. The van der Waals surface area contributed by atoms with Crippen LogP contribution in [0.4, 0.5) is 0 Å². The van der Waals surface area contributed by atoms with Gasteiger partial charge in [0, 0.05) is 6.42 Å². The summed E-state index contributed by atoms with van der Waals surface area (Å²) in [6, 6.07) is -0.831. The Morgan fingerprint density at radius 1 is 0.385 bits per heavy atom. The van der Waals surface area contributed by atoms with Crippen LogP contribution in [0.15, 0.2) is 72.9 Å². The van der Waals surface area contributed by atoms with Gasteiger partial charge in [0.05, 0.1) is 32.0 Å². The van der Waals surface area contributed by atoms with Gasteiger partial charge in [0.15, 0.2) is 12.6 Å². The standard InChI is InChI=1S/C82H149NO13/c1-3-5-7-9-11-13-15-17-19-21-23-25-27-28-29-30-31-32-33-34-35-36-37-38-39-40-41-42-44-46-48-50-52-54-56-58-60-62-64-66-74(87)83-70(69-93-81-79(92)77(90)80(73(68-85)95-81)96-82-78(91)76(89)75(88)72(67-84)94-82)71(86)65-63-61-59-57-55-53-51-49-47-45-43-26-24-22-20-18-16-14-12-10-8-6-4-2/h5,7,11,13,17,19,23,25,28-29,31-32,70-73,75-82,84-86,88-92H,3-4,6,8-10,12,14-16,18,20-22,24,26-27,30,33-69H2,1-2H3,(H,83,87)/b7-5-,13-11-,19-17-,25-23-,29-28-,32-31-. The van der Waals surface area contributed by atoms with E-state index in [-0.39, 0.29) is 12.5 Å². The van der Waals surface area contributed by atoms with E-state index in [9.17, 15) is 45.6 Å². The number of amides is 1. The van der Waals surface area contributed by atoms with Crippen molar-refractivity contribution in [2.45, 2.75) is 421 Å². The van der Waals surface area contributed by atoms with Gasteiger partial charge in [-0.25, -0.2) is 0 Å². The fraction of sp³-hybridized carbons (Fsp3) is 0.841. The molecular formula is C82H149NO13. The average molecular weight is 1360 g/mol. The van der Waals surface area contributed by atoms with E-state index in [0.29, 0.717) is 12.8 Å². The van der Waals surface area contributed by atoms with Crippen molar-refractivity contribution in [3.63, 3.8) is 0 Å². The van der Waals surface area contributed by atoms with Crippen molar-refractivity contribution in [1.82, 2.24) is 5.32 Å². The molecule has 12 unspecified atom stereocenters. The molecule has 2 heterocycles. The third-order valence-corrected chi connectivity index (χ3v) is 19.4. The summed E-state index contributed by atoms with van der Waals surface area (Å²) in [5.74, 6) is -0.201. The highest BCUT2D eigenvalue weighted by atomic mass is 16.7. The monoisotopic (exact) mass is 1360 g/mol. The molecule has 96 heavy (non-hydrogen) atoms. The Labute approximate surface area is 587 Å². The van der Waals surface area contributed by atoms with Gasteiger partial charge in [-0.15, -0.1) is 0 Å². The van der Waals surface area contributed by atoms with Crippen LogP contribution in [0.2, 0.25) is 0 Å². The van der Waals surface area contributed by atoms with E-state index in [4.69, 9.17) is 18.9 Å². The quantitative estimate of drug-likeness (QED) is 0.0204. The molecule has 2 rings (SSSR count). The number of aliphatic hydroxyl groups excluding tert-OH is 8. The van der Waals surface area contributed by atoms with E-state index in [1.165, 1.54) is 231 Å². The van der Waals surface area contributed by atoms with E-state index >= 15 is 0 Å². The molecule has 0 bridgehead atoms. The molecular weight excluding hydrogens is 1210 g/mol. The van der Waals surface area contributed by atoms with Crippen LogP contribution in [0.5, 0.6) is 0 Å². The van der Waals surface area contributed by atoms with Gasteiger partial charge in [0.25, 0.3) is 0 Å². The van der Waals surface area contributed by atoms with Gasteiger partial charge in [0.1, 0.15) is 48.8 Å². The van der Waals surface area contributed by atoms with Crippen molar-refractivity contribution in [1.29, 1.82) is 0 Å². The SMILES string of the molecule is CC/C=C\C/C=C\C/C=C\C/C=C\C/C=C\C/C=C\CCCCCCCCCCCCCCCCCCCCCCC(=O)NC(COC1OC(CO)C(OC2OC(CO)C(O)C(O)C2O)C(O)C1O)C(O)CCCCCCCCCCCCCCCCCCCCCCCCC. The first-order valence-electron chi connectivity index (χ1n) is 40.2. The fourth-order valence-electron chi connectivity index (χ4n) is 13.1. The number of rotatable bonds is 67. The van der Waals surface area contributed by atoms with E-state index in [1.807, 2.05) is 0 Å². The molecule has 0 spiro atoms. The molecule has 0 aromatic heterocycles. The predicted molar refractivity (Wildman–Crippen MR) is 397 cm³/mol. The Morgan fingerprint density at radius 2 is 0.719 bits per heavy atom. The Kier molecular flexibility index (Phi) is 61.3. The second-order valence-electron chi connectivity index (χ2n) is 28.2. The van der Waals surface area contributed by atoms with Crippen LogP contribution in [0.25, 0.3) is 0 Å². The summed E-state index contributed by atoms with van der Waals surface area (Å²) in [5.41, 5.74) is 0. The van der Waals surface area contributed by atoms with Crippen molar-refractivity contribution in [2.24, 2.45) is 0 Å². The summed E-state index contributed by atoms with van der Waals surface area (Å²) < 4.78 is 23.0. The van der Waals surface area contributed by atoms with E-state index in [2.05, 4.69) is 92.1 Å². The molecule has 12 atom stereocenters. The first kappa shape index (κ1) is 89.5. The number of hydrogen-bond donors (Lipinski definition) is 9.